The van der Waals surface area contributed by atoms with Gasteiger partial charge in [-0.2, -0.15) is 10.4 Å². The number of rotatable bonds is 2. The Morgan fingerprint density at radius 1 is 1.44 bits per heavy atom. The van der Waals surface area contributed by atoms with E-state index < -0.39 is 0 Å². The molecule has 18 heavy (non-hydrogen) atoms. The summed E-state index contributed by atoms with van der Waals surface area (Å²) in [4.78, 5) is 0. The second-order valence-corrected chi connectivity index (χ2v) is 6.11. The molecule has 3 atom stereocenters. The predicted molar refractivity (Wildman–Crippen MR) is 75.2 cm³/mol. The molecule has 0 radical (unpaired) electrons. The van der Waals surface area contributed by atoms with Gasteiger partial charge in [0.2, 0.25) is 0 Å². The highest BCUT2D eigenvalue weighted by Gasteiger charge is 2.33. The molecule has 3 nitrogen and oxygen atoms in total. The van der Waals surface area contributed by atoms with Gasteiger partial charge in [0.25, 0.3) is 0 Å². The summed E-state index contributed by atoms with van der Waals surface area (Å²) in [6.07, 6.45) is 4.49. The van der Waals surface area contributed by atoms with E-state index >= 15 is 0 Å². The molecule has 0 aliphatic heterocycles. The number of hydrogen-bond donors (Lipinski definition) is 0. The van der Waals surface area contributed by atoms with Crippen LogP contribution in [0.1, 0.15) is 50.0 Å². The minimum Gasteiger partial charge on any atom is -0.264 e. The summed E-state index contributed by atoms with van der Waals surface area (Å²) >= 11 is 3.57. The van der Waals surface area contributed by atoms with E-state index in [4.69, 9.17) is 0 Å². The third-order valence-electron chi connectivity index (χ3n) is 4.22. The highest BCUT2D eigenvalue weighted by atomic mass is 79.9. The molecule has 1 aliphatic carbocycles. The Bertz CT molecular complexity index is 472. The zero-order valence-electron chi connectivity index (χ0n) is 11.3. The molecule has 1 heterocycles. The third kappa shape index (κ3) is 2.33. The Hall–Kier alpha value is -0.820. The van der Waals surface area contributed by atoms with Gasteiger partial charge in [0.15, 0.2) is 0 Å². The van der Waals surface area contributed by atoms with Gasteiger partial charge < -0.3 is 0 Å². The van der Waals surface area contributed by atoms with E-state index in [0.29, 0.717) is 0 Å². The molecule has 1 fully saturated rings. The Morgan fingerprint density at radius 3 is 2.67 bits per heavy atom. The summed E-state index contributed by atoms with van der Waals surface area (Å²) in [5.41, 5.74) is 2.16. The van der Waals surface area contributed by atoms with Crippen molar-refractivity contribution in [3.05, 3.63) is 15.9 Å². The fraction of sp³-hybridized carbons (Fsp3) is 0.714. The Morgan fingerprint density at radius 2 is 2.17 bits per heavy atom. The Kier molecular flexibility index (Phi) is 4.11. The standard InChI is InChI=1S/C14H20BrN3/c1-4-11-5-6-12(8-16)13(7-11)18-10(3)14(15)9(2)17-18/h11-13H,4-7H2,1-3H3. The maximum absolute atomic E-state index is 9.35. The number of nitriles is 1. The zero-order chi connectivity index (χ0) is 13.3. The van der Waals surface area contributed by atoms with E-state index in [1.54, 1.807) is 0 Å². The molecular weight excluding hydrogens is 290 g/mol. The lowest BCUT2D eigenvalue weighted by Crippen LogP contribution is -2.28. The van der Waals surface area contributed by atoms with Crippen LogP contribution in [0.3, 0.4) is 0 Å². The van der Waals surface area contributed by atoms with Gasteiger partial charge in [-0.05, 0) is 55.0 Å². The molecule has 98 valence electrons. The van der Waals surface area contributed by atoms with Gasteiger partial charge in [-0.3, -0.25) is 4.68 Å². The first-order chi connectivity index (χ1) is 8.58. The molecule has 0 N–H and O–H groups in total. The molecule has 3 unspecified atom stereocenters. The van der Waals surface area contributed by atoms with Crippen LogP contribution in [0.2, 0.25) is 0 Å². The molecule has 1 aromatic rings. The summed E-state index contributed by atoms with van der Waals surface area (Å²) in [5, 5.41) is 14.0. The SMILES string of the molecule is CCC1CCC(C#N)C(n2nc(C)c(Br)c2C)C1. The minimum absolute atomic E-state index is 0.109. The van der Waals surface area contributed by atoms with Crippen LogP contribution in [-0.2, 0) is 0 Å². The van der Waals surface area contributed by atoms with Crippen molar-refractivity contribution in [3.63, 3.8) is 0 Å². The normalized spacial score (nSPS) is 28.1. The predicted octanol–water partition coefficient (Wildman–Crippen LogP) is 4.15. The monoisotopic (exact) mass is 309 g/mol. The van der Waals surface area contributed by atoms with Crippen molar-refractivity contribution < 1.29 is 0 Å². The van der Waals surface area contributed by atoms with Crippen LogP contribution in [-0.4, -0.2) is 9.78 Å². The highest BCUT2D eigenvalue weighted by molar-refractivity contribution is 9.10. The largest absolute Gasteiger partial charge is 0.264 e. The van der Waals surface area contributed by atoms with Crippen molar-refractivity contribution in [1.82, 2.24) is 9.78 Å². The van der Waals surface area contributed by atoms with Gasteiger partial charge in [0, 0.05) is 0 Å². The van der Waals surface area contributed by atoms with E-state index in [1.807, 2.05) is 6.92 Å². The molecule has 0 saturated heterocycles. The van der Waals surface area contributed by atoms with Gasteiger partial charge in [-0.25, -0.2) is 0 Å². The minimum atomic E-state index is 0.109. The van der Waals surface area contributed by atoms with Crippen molar-refractivity contribution in [2.24, 2.45) is 11.8 Å². The second-order valence-electron chi connectivity index (χ2n) is 5.32. The van der Waals surface area contributed by atoms with Gasteiger partial charge in [-0.15, -0.1) is 0 Å². The lowest BCUT2D eigenvalue weighted by atomic mass is 9.78. The van der Waals surface area contributed by atoms with Gasteiger partial charge in [0.05, 0.1) is 33.9 Å². The first-order valence-corrected chi connectivity index (χ1v) is 7.48. The lowest BCUT2D eigenvalue weighted by molar-refractivity contribution is 0.201. The van der Waals surface area contributed by atoms with Crippen LogP contribution in [0.25, 0.3) is 0 Å². The zero-order valence-corrected chi connectivity index (χ0v) is 12.9. The van der Waals surface area contributed by atoms with Crippen molar-refractivity contribution in [2.75, 3.05) is 0 Å². The van der Waals surface area contributed by atoms with E-state index in [9.17, 15) is 5.26 Å². The molecule has 0 aromatic carbocycles. The maximum atomic E-state index is 9.35. The van der Waals surface area contributed by atoms with Gasteiger partial charge in [-0.1, -0.05) is 13.3 Å². The Labute approximate surface area is 117 Å². The average Bonchev–Trinajstić information content (AvgIpc) is 2.65. The van der Waals surface area contributed by atoms with Gasteiger partial charge in [0.1, 0.15) is 0 Å². The molecule has 2 rings (SSSR count). The number of hydrogen-bond acceptors (Lipinski definition) is 2. The van der Waals surface area contributed by atoms with Crippen LogP contribution in [0, 0.1) is 37.0 Å². The molecule has 1 aromatic heterocycles. The molecule has 0 amide bonds. The van der Waals surface area contributed by atoms with Crippen LogP contribution in [0.15, 0.2) is 4.47 Å². The first kappa shape index (κ1) is 13.6. The number of halogens is 1. The van der Waals surface area contributed by atoms with Crippen LogP contribution >= 0.6 is 15.9 Å². The Balaban J connectivity index is 2.33. The van der Waals surface area contributed by atoms with E-state index in [0.717, 1.165) is 34.6 Å². The smallest absolute Gasteiger partial charge is 0.0738 e. The molecule has 0 spiro atoms. The van der Waals surface area contributed by atoms with Crippen molar-refractivity contribution >= 4 is 15.9 Å². The quantitative estimate of drug-likeness (QED) is 0.823. The molecule has 1 saturated carbocycles. The molecule has 1 aliphatic rings. The summed E-state index contributed by atoms with van der Waals surface area (Å²) in [5.74, 6) is 0.847. The fourth-order valence-corrected chi connectivity index (χ4v) is 3.25. The van der Waals surface area contributed by atoms with Crippen LogP contribution in [0.5, 0.6) is 0 Å². The highest BCUT2D eigenvalue weighted by Crippen LogP contribution is 2.39. The molecule has 0 bridgehead atoms. The molecular formula is C14H20BrN3. The summed E-state index contributed by atoms with van der Waals surface area (Å²) in [6.45, 7) is 6.33. The number of aryl methyl sites for hydroxylation is 1. The number of aromatic nitrogens is 2. The van der Waals surface area contributed by atoms with E-state index in [2.05, 4.69) is 45.6 Å². The fourth-order valence-electron chi connectivity index (χ4n) is 2.99. The van der Waals surface area contributed by atoms with Crippen molar-refractivity contribution in [1.29, 1.82) is 5.26 Å². The second kappa shape index (κ2) is 5.44. The van der Waals surface area contributed by atoms with Crippen molar-refractivity contribution in [2.45, 2.75) is 52.5 Å². The maximum Gasteiger partial charge on any atom is 0.0738 e. The van der Waals surface area contributed by atoms with E-state index in [-0.39, 0.29) is 12.0 Å². The molecule has 4 heteroatoms. The van der Waals surface area contributed by atoms with Crippen LogP contribution in [0.4, 0.5) is 0 Å². The summed E-state index contributed by atoms with van der Waals surface area (Å²) < 4.78 is 3.16. The van der Waals surface area contributed by atoms with Crippen LogP contribution < -0.4 is 0 Å². The lowest BCUT2D eigenvalue weighted by Gasteiger charge is -2.33. The van der Waals surface area contributed by atoms with Crippen molar-refractivity contribution in [3.8, 4) is 6.07 Å². The van der Waals surface area contributed by atoms with Gasteiger partial charge >= 0.3 is 0 Å². The summed E-state index contributed by atoms with van der Waals surface area (Å²) in [6, 6.07) is 2.73. The average molecular weight is 310 g/mol. The third-order valence-corrected chi connectivity index (χ3v) is 5.37. The van der Waals surface area contributed by atoms with E-state index in [1.165, 1.54) is 12.8 Å². The summed E-state index contributed by atoms with van der Waals surface area (Å²) in [7, 11) is 0. The topological polar surface area (TPSA) is 41.6 Å². The first-order valence-electron chi connectivity index (χ1n) is 6.69. The number of nitrogens with zero attached hydrogens (tertiary/aromatic N) is 3.